The molecule has 1 N–H and O–H groups in total. The van der Waals surface area contributed by atoms with Gasteiger partial charge in [-0.3, -0.25) is 0 Å². The Morgan fingerprint density at radius 1 is 1.40 bits per heavy atom. The number of fused-ring (bicyclic) bond motifs is 1. The van der Waals surface area contributed by atoms with E-state index in [-0.39, 0.29) is 18.3 Å². The van der Waals surface area contributed by atoms with Gasteiger partial charge in [0.25, 0.3) is 0 Å². The lowest BCUT2D eigenvalue weighted by Gasteiger charge is -2.06. The molecule has 2 aromatic rings. The highest BCUT2D eigenvalue weighted by Crippen LogP contribution is 2.26. The summed E-state index contributed by atoms with van der Waals surface area (Å²) in [5.41, 5.74) is 3.08. The number of carboxylic acids is 1. The average Bonchev–Trinajstić information content (AvgIpc) is 3.01. The summed E-state index contributed by atoms with van der Waals surface area (Å²) < 4.78 is 10.8. The van der Waals surface area contributed by atoms with E-state index in [1.165, 1.54) is 17.5 Å². The van der Waals surface area contributed by atoms with E-state index in [2.05, 4.69) is 11.1 Å². The van der Waals surface area contributed by atoms with Gasteiger partial charge in [-0.05, 0) is 49.4 Å². The van der Waals surface area contributed by atoms with Crippen LogP contribution in [0.2, 0.25) is 0 Å². The standard InChI is InChI=1S/C15H15NO4/c1-9-14(15(17)18)20-13(16-9)8-19-12-6-5-10-3-2-4-11(10)7-12/h5-7H,2-4,8H2,1H3,(H,17,18). The number of rotatable bonds is 4. The van der Waals surface area contributed by atoms with Gasteiger partial charge in [0.2, 0.25) is 11.7 Å². The van der Waals surface area contributed by atoms with Crippen LogP contribution in [0.25, 0.3) is 0 Å². The Kier molecular flexibility index (Phi) is 3.18. The van der Waals surface area contributed by atoms with Crippen LogP contribution >= 0.6 is 0 Å². The van der Waals surface area contributed by atoms with E-state index in [1.807, 2.05) is 12.1 Å². The summed E-state index contributed by atoms with van der Waals surface area (Å²) in [5.74, 6) is -0.199. The molecule has 1 aliphatic rings. The second kappa shape index (κ2) is 5.00. The molecule has 0 radical (unpaired) electrons. The third-order valence-electron chi connectivity index (χ3n) is 3.47. The second-order valence-corrected chi connectivity index (χ2v) is 4.90. The van der Waals surface area contributed by atoms with Crippen molar-refractivity contribution >= 4 is 5.97 Å². The topological polar surface area (TPSA) is 72.6 Å². The Morgan fingerprint density at radius 3 is 2.95 bits per heavy atom. The molecule has 0 bridgehead atoms. The van der Waals surface area contributed by atoms with Gasteiger partial charge in [-0.25, -0.2) is 9.78 Å². The Labute approximate surface area is 116 Å². The predicted octanol–water partition coefficient (Wildman–Crippen LogP) is 2.75. The van der Waals surface area contributed by atoms with Crippen LogP contribution in [0.3, 0.4) is 0 Å². The predicted molar refractivity (Wildman–Crippen MR) is 71.0 cm³/mol. The summed E-state index contributed by atoms with van der Waals surface area (Å²) in [5, 5.41) is 8.90. The molecule has 0 aliphatic heterocycles. The second-order valence-electron chi connectivity index (χ2n) is 4.90. The van der Waals surface area contributed by atoms with E-state index < -0.39 is 5.97 Å². The van der Waals surface area contributed by atoms with Gasteiger partial charge in [-0.15, -0.1) is 0 Å². The minimum absolute atomic E-state index is 0.127. The molecule has 0 spiro atoms. The SMILES string of the molecule is Cc1nc(COc2ccc3c(c2)CCC3)oc1C(=O)O. The zero-order valence-corrected chi connectivity index (χ0v) is 11.2. The molecule has 1 aromatic carbocycles. The van der Waals surface area contributed by atoms with Gasteiger partial charge in [-0.2, -0.15) is 0 Å². The van der Waals surface area contributed by atoms with Crippen molar-refractivity contribution in [3.05, 3.63) is 46.7 Å². The molecule has 20 heavy (non-hydrogen) atoms. The van der Waals surface area contributed by atoms with Crippen molar-refractivity contribution < 1.29 is 19.1 Å². The zero-order valence-electron chi connectivity index (χ0n) is 11.2. The number of hydrogen-bond acceptors (Lipinski definition) is 4. The highest BCUT2D eigenvalue weighted by Gasteiger charge is 2.17. The summed E-state index contributed by atoms with van der Waals surface area (Å²) in [7, 11) is 0. The molecule has 0 amide bonds. The van der Waals surface area contributed by atoms with E-state index in [9.17, 15) is 4.79 Å². The molecule has 0 atom stereocenters. The maximum absolute atomic E-state index is 10.9. The van der Waals surface area contributed by atoms with Crippen LogP contribution < -0.4 is 4.74 Å². The van der Waals surface area contributed by atoms with Gasteiger partial charge in [0.1, 0.15) is 5.75 Å². The lowest BCUT2D eigenvalue weighted by atomic mass is 10.1. The molecule has 0 fully saturated rings. The van der Waals surface area contributed by atoms with Crippen LogP contribution in [0.4, 0.5) is 0 Å². The van der Waals surface area contributed by atoms with Gasteiger partial charge in [-0.1, -0.05) is 6.07 Å². The molecule has 5 nitrogen and oxygen atoms in total. The Hall–Kier alpha value is -2.30. The quantitative estimate of drug-likeness (QED) is 0.927. The van der Waals surface area contributed by atoms with E-state index in [0.29, 0.717) is 5.69 Å². The summed E-state index contributed by atoms with van der Waals surface area (Å²) in [6, 6.07) is 6.05. The smallest absolute Gasteiger partial charge is 0.373 e. The van der Waals surface area contributed by atoms with E-state index >= 15 is 0 Å². The monoisotopic (exact) mass is 273 g/mol. The van der Waals surface area contributed by atoms with Crippen LogP contribution in [0.5, 0.6) is 5.75 Å². The number of aromatic nitrogens is 1. The van der Waals surface area contributed by atoms with Gasteiger partial charge in [0.15, 0.2) is 6.61 Å². The Bertz CT molecular complexity index is 660. The van der Waals surface area contributed by atoms with Gasteiger partial charge >= 0.3 is 5.97 Å². The van der Waals surface area contributed by atoms with Crippen LogP contribution in [0.15, 0.2) is 22.6 Å². The Balaban J connectivity index is 1.70. The summed E-state index contributed by atoms with van der Waals surface area (Å²) in [6.45, 7) is 1.73. The lowest BCUT2D eigenvalue weighted by molar-refractivity contribution is 0.0657. The maximum Gasteiger partial charge on any atom is 0.373 e. The third-order valence-corrected chi connectivity index (χ3v) is 3.47. The molecule has 1 aliphatic carbocycles. The largest absolute Gasteiger partial charge is 0.484 e. The Morgan fingerprint density at radius 2 is 2.20 bits per heavy atom. The first-order valence-corrected chi connectivity index (χ1v) is 6.57. The normalized spacial score (nSPS) is 13.2. The number of carbonyl (C=O) groups is 1. The summed E-state index contributed by atoms with van der Waals surface area (Å²) in [6.07, 6.45) is 3.42. The van der Waals surface area contributed by atoms with Crippen molar-refractivity contribution in [1.82, 2.24) is 4.98 Å². The van der Waals surface area contributed by atoms with E-state index in [4.69, 9.17) is 14.3 Å². The van der Waals surface area contributed by atoms with Crippen molar-refractivity contribution in [2.24, 2.45) is 0 Å². The molecule has 0 saturated carbocycles. The van der Waals surface area contributed by atoms with Crippen LogP contribution in [-0.2, 0) is 19.4 Å². The molecule has 5 heteroatoms. The average molecular weight is 273 g/mol. The molecule has 0 saturated heterocycles. The fourth-order valence-electron chi connectivity index (χ4n) is 2.50. The number of carboxylic acid groups (broad SMARTS) is 1. The lowest BCUT2D eigenvalue weighted by Crippen LogP contribution is -1.97. The van der Waals surface area contributed by atoms with Crippen molar-refractivity contribution in [3.8, 4) is 5.75 Å². The number of aryl methyl sites for hydroxylation is 3. The number of hydrogen-bond donors (Lipinski definition) is 1. The van der Waals surface area contributed by atoms with Crippen LogP contribution in [-0.4, -0.2) is 16.1 Å². The first kappa shape index (κ1) is 12.7. The zero-order chi connectivity index (χ0) is 14.1. The van der Waals surface area contributed by atoms with Crippen LogP contribution in [0, 0.1) is 6.92 Å². The highest BCUT2D eigenvalue weighted by molar-refractivity contribution is 5.85. The van der Waals surface area contributed by atoms with Crippen molar-refractivity contribution in [3.63, 3.8) is 0 Å². The molecule has 0 unspecified atom stereocenters. The first-order chi connectivity index (χ1) is 9.63. The van der Waals surface area contributed by atoms with E-state index in [0.717, 1.165) is 18.6 Å². The van der Waals surface area contributed by atoms with Gasteiger partial charge in [0, 0.05) is 0 Å². The number of oxazole rings is 1. The number of ether oxygens (including phenoxy) is 1. The van der Waals surface area contributed by atoms with Crippen LogP contribution in [0.1, 0.15) is 39.7 Å². The fourth-order valence-corrected chi connectivity index (χ4v) is 2.50. The first-order valence-electron chi connectivity index (χ1n) is 6.57. The minimum Gasteiger partial charge on any atom is -0.484 e. The fraction of sp³-hybridized carbons (Fsp3) is 0.333. The number of benzene rings is 1. The van der Waals surface area contributed by atoms with Crippen molar-refractivity contribution in [2.45, 2.75) is 32.8 Å². The van der Waals surface area contributed by atoms with Gasteiger partial charge in [0.05, 0.1) is 5.69 Å². The molecular weight excluding hydrogens is 258 g/mol. The molecular formula is C15H15NO4. The third kappa shape index (κ3) is 2.39. The number of aromatic carboxylic acids is 1. The van der Waals surface area contributed by atoms with Crippen molar-refractivity contribution in [1.29, 1.82) is 0 Å². The summed E-state index contributed by atoms with van der Waals surface area (Å²) >= 11 is 0. The molecule has 1 aromatic heterocycles. The highest BCUT2D eigenvalue weighted by atomic mass is 16.5. The minimum atomic E-state index is -1.11. The number of nitrogens with zero attached hydrogens (tertiary/aromatic N) is 1. The molecule has 1 heterocycles. The van der Waals surface area contributed by atoms with E-state index in [1.54, 1.807) is 6.92 Å². The summed E-state index contributed by atoms with van der Waals surface area (Å²) in [4.78, 5) is 14.9. The molecule has 3 rings (SSSR count). The maximum atomic E-state index is 10.9. The van der Waals surface area contributed by atoms with Crippen molar-refractivity contribution in [2.75, 3.05) is 0 Å². The molecule has 104 valence electrons. The van der Waals surface area contributed by atoms with Gasteiger partial charge < -0.3 is 14.3 Å².